The molecule has 5 nitrogen and oxygen atoms in total. The number of nitrogens with one attached hydrogen (secondary N) is 2. The normalized spacial score (nSPS) is 25.6. The van der Waals surface area contributed by atoms with E-state index in [4.69, 9.17) is 4.74 Å². The molecule has 2 atom stereocenters. The minimum absolute atomic E-state index is 0.0891. The van der Waals surface area contributed by atoms with Gasteiger partial charge < -0.3 is 20.5 Å². The third-order valence-electron chi connectivity index (χ3n) is 4.92. The summed E-state index contributed by atoms with van der Waals surface area (Å²) in [5, 5.41) is 15.3. The van der Waals surface area contributed by atoms with E-state index in [1.807, 2.05) is 0 Å². The van der Waals surface area contributed by atoms with Gasteiger partial charge in [0.25, 0.3) is 0 Å². The number of hydrogen-bond donors (Lipinski definition) is 3. The molecule has 24 heavy (non-hydrogen) atoms. The maximum absolute atomic E-state index is 13.4. The molecular weight excluding hydrogens is 318 g/mol. The molecule has 7 heteroatoms. The van der Waals surface area contributed by atoms with Crippen molar-refractivity contribution in [3.63, 3.8) is 0 Å². The third-order valence-corrected chi connectivity index (χ3v) is 4.92. The predicted molar refractivity (Wildman–Crippen MR) is 83.4 cm³/mol. The highest BCUT2D eigenvalue weighted by Gasteiger charge is 2.37. The van der Waals surface area contributed by atoms with Gasteiger partial charge in [0.2, 0.25) is 0 Å². The lowest BCUT2D eigenvalue weighted by Gasteiger charge is -2.29. The number of hydrogen-bond acceptors (Lipinski definition) is 3. The number of urea groups is 1. The molecule has 2 amide bonds. The van der Waals surface area contributed by atoms with Gasteiger partial charge in [-0.15, -0.1) is 0 Å². The number of amides is 2. The molecule has 0 radical (unpaired) electrons. The smallest absolute Gasteiger partial charge is 0.315 e. The average molecular weight is 340 g/mol. The van der Waals surface area contributed by atoms with Crippen molar-refractivity contribution < 1.29 is 23.4 Å². The van der Waals surface area contributed by atoms with Crippen LogP contribution < -0.4 is 10.6 Å². The Morgan fingerprint density at radius 1 is 1.29 bits per heavy atom. The molecule has 0 aromatic heterocycles. The number of ether oxygens (including phenoxy) is 1. The summed E-state index contributed by atoms with van der Waals surface area (Å²) < 4.78 is 32.1. The molecular formula is C17H22F2N2O3. The van der Waals surface area contributed by atoms with Crippen molar-refractivity contribution in [1.82, 2.24) is 10.6 Å². The van der Waals surface area contributed by atoms with Crippen LogP contribution in [-0.4, -0.2) is 35.9 Å². The maximum Gasteiger partial charge on any atom is 0.315 e. The summed E-state index contributed by atoms with van der Waals surface area (Å²) in [5.74, 6) is -1.85. The van der Waals surface area contributed by atoms with Crippen LogP contribution in [0.15, 0.2) is 18.2 Å². The topological polar surface area (TPSA) is 70.6 Å². The van der Waals surface area contributed by atoms with Crippen LogP contribution in [0.1, 0.15) is 43.8 Å². The fourth-order valence-corrected chi connectivity index (χ4v) is 3.57. The highest BCUT2D eigenvalue weighted by Crippen LogP contribution is 2.31. The van der Waals surface area contributed by atoms with E-state index in [0.717, 1.165) is 37.8 Å². The third kappa shape index (κ3) is 3.52. The van der Waals surface area contributed by atoms with Gasteiger partial charge in [0.05, 0.1) is 18.2 Å². The summed E-state index contributed by atoms with van der Waals surface area (Å²) in [5.41, 5.74) is -0.0597. The Balaban J connectivity index is 1.65. The SMILES string of the molecule is O=C(NC1CCOC1c1ccc(F)c(F)c1)NC1(CO)CCCC1. The van der Waals surface area contributed by atoms with E-state index in [2.05, 4.69) is 10.6 Å². The molecule has 132 valence electrons. The lowest BCUT2D eigenvalue weighted by Crippen LogP contribution is -2.55. The summed E-state index contributed by atoms with van der Waals surface area (Å²) >= 11 is 0. The largest absolute Gasteiger partial charge is 0.394 e. The number of aliphatic hydroxyl groups is 1. The van der Waals surface area contributed by atoms with Crippen molar-refractivity contribution in [2.24, 2.45) is 0 Å². The molecule has 1 aliphatic heterocycles. The standard InChI is InChI=1S/C17H22F2N2O3/c18-12-4-3-11(9-13(12)19)15-14(5-8-24-15)20-16(23)21-17(10-22)6-1-2-7-17/h3-4,9,14-15,22H,1-2,5-8,10H2,(H2,20,21,23). The van der Waals surface area contributed by atoms with Crippen LogP contribution in [0.25, 0.3) is 0 Å². The fraction of sp³-hybridized carbons (Fsp3) is 0.588. The monoisotopic (exact) mass is 340 g/mol. The maximum atomic E-state index is 13.4. The average Bonchev–Trinajstić information content (AvgIpc) is 3.20. The molecule has 1 saturated carbocycles. The Hall–Kier alpha value is -1.73. The molecule has 2 aliphatic rings. The van der Waals surface area contributed by atoms with Crippen molar-refractivity contribution in [3.05, 3.63) is 35.4 Å². The Bertz CT molecular complexity index is 605. The Morgan fingerprint density at radius 2 is 2.04 bits per heavy atom. The molecule has 1 heterocycles. The number of carbonyl (C=O) groups is 1. The van der Waals surface area contributed by atoms with Crippen LogP contribution in [0.3, 0.4) is 0 Å². The molecule has 1 saturated heterocycles. The number of aliphatic hydroxyl groups excluding tert-OH is 1. The van der Waals surface area contributed by atoms with Gasteiger partial charge in [-0.3, -0.25) is 0 Å². The lowest BCUT2D eigenvalue weighted by atomic mass is 9.99. The minimum Gasteiger partial charge on any atom is -0.394 e. The molecule has 0 bridgehead atoms. The van der Waals surface area contributed by atoms with Gasteiger partial charge in [0.15, 0.2) is 11.6 Å². The van der Waals surface area contributed by atoms with E-state index in [1.54, 1.807) is 0 Å². The summed E-state index contributed by atoms with van der Waals surface area (Å²) in [6.45, 7) is 0.341. The second-order valence-electron chi connectivity index (χ2n) is 6.60. The lowest BCUT2D eigenvalue weighted by molar-refractivity contribution is 0.0984. The number of benzene rings is 1. The molecule has 2 fully saturated rings. The molecule has 1 aromatic rings. The number of carbonyl (C=O) groups excluding carboxylic acids is 1. The van der Waals surface area contributed by atoms with Gasteiger partial charge >= 0.3 is 6.03 Å². The molecule has 0 spiro atoms. The second kappa shape index (κ2) is 7.03. The van der Waals surface area contributed by atoms with Gasteiger partial charge in [-0.05, 0) is 37.0 Å². The fourth-order valence-electron chi connectivity index (χ4n) is 3.57. The molecule has 3 rings (SSSR count). The van der Waals surface area contributed by atoms with E-state index >= 15 is 0 Å². The zero-order chi connectivity index (χ0) is 17.2. The van der Waals surface area contributed by atoms with Crippen LogP contribution in [0.2, 0.25) is 0 Å². The van der Waals surface area contributed by atoms with Crippen molar-refractivity contribution in [1.29, 1.82) is 0 Å². The van der Waals surface area contributed by atoms with Crippen molar-refractivity contribution in [2.45, 2.75) is 49.8 Å². The Labute approximate surface area is 139 Å². The van der Waals surface area contributed by atoms with Gasteiger partial charge in [-0.1, -0.05) is 18.9 Å². The first-order chi connectivity index (χ1) is 11.5. The van der Waals surface area contributed by atoms with Gasteiger partial charge in [0, 0.05) is 6.61 Å². The highest BCUT2D eigenvalue weighted by molar-refractivity contribution is 5.75. The van der Waals surface area contributed by atoms with Crippen molar-refractivity contribution >= 4 is 6.03 Å². The van der Waals surface area contributed by atoms with E-state index in [0.29, 0.717) is 18.6 Å². The summed E-state index contributed by atoms with van der Waals surface area (Å²) in [6.07, 6.45) is 3.54. The van der Waals surface area contributed by atoms with E-state index in [1.165, 1.54) is 6.07 Å². The molecule has 3 N–H and O–H groups in total. The predicted octanol–water partition coefficient (Wildman–Crippen LogP) is 2.40. The first-order valence-electron chi connectivity index (χ1n) is 8.29. The van der Waals surface area contributed by atoms with E-state index in [9.17, 15) is 18.7 Å². The minimum atomic E-state index is -0.934. The van der Waals surface area contributed by atoms with Crippen molar-refractivity contribution in [3.8, 4) is 0 Å². The Morgan fingerprint density at radius 3 is 2.71 bits per heavy atom. The molecule has 2 unspecified atom stereocenters. The summed E-state index contributed by atoms with van der Waals surface area (Å²) in [4.78, 5) is 12.3. The molecule has 1 aromatic carbocycles. The number of rotatable bonds is 4. The van der Waals surface area contributed by atoms with E-state index < -0.39 is 23.3 Å². The Kier molecular flexibility index (Phi) is 5.01. The first-order valence-corrected chi connectivity index (χ1v) is 8.29. The van der Waals surface area contributed by atoms with Gasteiger partial charge in [-0.2, -0.15) is 0 Å². The summed E-state index contributed by atoms with van der Waals surface area (Å²) in [7, 11) is 0. The second-order valence-corrected chi connectivity index (χ2v) is 6.60. The van der Waals surface area contributed by atoms with Crippen molar-refractivity contribution in [2.75, 3.05) is 13.2 Å². The van der Waals surface area contributed by atoms with Crippen LogP contribution in [0, 0.1) is 11.6 Å². The highest BCUT2D eigenvalue weighted by atomic mass is 19.2. The van der Waals surface area contributed by atoms with Gasteiger partial charge in [0.1, 0.15) is 6.10 Å². The zero-order valence-corrected chi connectivity index (χ0v) is 13.4. The molecule has 1 aliphatic carbocycles. The quantitative estimate of drug-likeness (QED) is 0.788. The van der Waals surface area contributed by atoms with Crippen LogP contribution in [-0.2, 0) is 4.74 Å². The van der Waals surface area contributed by atoms with Crippen LogP contribution in [0.5, 0.6) is 0 Å². The summed E-state index contributed by atoms with van der Waals surface area (Å²) in [6, 6.07) is 2.93. The first kappa shape index (κ1) is 17.1. The van der Waals surface area contributed by atoms with Crippen LogP contribution in [0.4, 0.5) is 13.6 Å². The van der Waals surface area contributed by atoms with Gasteiger partial charge in [-0.25, -0.2) is 13.6 Å². The number of halogens is 2. The zero-order valence-electron chi connectivity index (χ0n) is 13.4. The van der Waals surface area contributed by atoms with Crippen LogP contribution >= 0.6 is 0 Å². The van der Waals surface area contributed by atoms with E-state index in [-0.39, 0.29) is 18.7 Å².